The first-order chi connectivity index (χ1) is 7.86. The van der Waals surface area contributed by atoms with Crippen molar-refractivity contribution in [2.75, 3.05) is 12.3 Å². The van der Waals surface area contributed by atoms with Crippen LogP contribution in [0.3, 0.4) is 0 Å². The normalized spacial score (nSPS) is 10.9. The minimum atomic E-state index is -4.22. The summed E-state index contributed by atoms with van der Waals surface area (Å²) >= 11 is 0. The molecule has 8 heteroatoms. The van der Waals surface area contributed by atoms with Crippen molar-refractivity contribution >= 4 is 21.7 Å². The third kappa shape index (κ3) is 3.31. The summed E-state index contributed by atoms with van der Waals surface area (Å²) in [6.07, 6.45) is 0. The summed E-state index contributed by atoms with van der Waals surface area (Å²) in [6.45, 7) is 1.88. The van der Waals surface area contributed by atoms with Gasteiger partial charge in [0.25, 0.3) is 10.0 Å². The fourth-order valence-electron chi connectivity index (χ4n) is 1.11. The highest BCUT2D eigenvalue weighted by Gasteiger charge is 2.21. The van der Waals surface area contributed by atoms with E-state index < -0.39 is 26.8 Å². The Labute approximate surface area is 98.1 Å². The lowest BCUT2D eigenvalue weighted by Crippen LogP contribution is -2.39. The molecular formula is C9H12FN3O3S. The van der Waals surface area contributed by atoms with Gasteiger partial charge in [0, 0.05) is 12.2 Å². The Bertz CT molecular complexity index is 530. The summed E-state index contributed by atoms with van der Waals surface area (Å²) in [7, 11) is -4.22. The molecule has 1 aromatic rings. The maximum atomic E-state index is 13.4. The molecule has 17 heavy (non-hydrogen) atoms. The van der Waals surface area contributed by atoms with E-state index in [0.29, 0.717) is 0 Å². The molecule has 2 amide bonds. The highest BCUT2D eigenvalue weighted by atomic mass is 32.2. The molecule has 4 N–H and O–H groups in total. The topological polar surface area (TPSA) is 101 Å². The van der Waals surface area contributed by atoms with Gasteiger partial charge in [-0.15, -0.1) is 0 Å². The summed E-state index contributed by atoms with van der Waals surface area (Å²) in [5.74, 6) is -1.01. The van der Waals surface area contributed by atoms with Gasteiger partial charge in [0.15, 0.2) is 0 Å². The van der Waals surface area contributed by atoms with Gasteiger partial charge >= 0.3 is 6.03 Å². The first-order valence-corrected chi connectivity index (χ1v) is 6.21. The summed E-state index contributed by atoms with van der Waals surface area (Å²) in [5, 5.41) is 2.23. The largest absolute Gasteiger partial charge is 0.399 e. The van der Waals surface area contributed by atoms with E-state index in [1.807, 2.05) is 0 Å². The Morgan fingerprint density at radius 2 is 2.12 bits per heavy atom. The van der Waals surface area contributed by atoms with Crippen LogP contribution in [-0.2, 0) is 10.0 Å². The molecule has 0 heterocycles. The van der Waals surface area contributed by atoms with Gasteiger partial charge in [0.2, 0.25) is 0 Å². The molecule has 0 unspecified atom stereocenters. The van der Waals surface area contributed by atoms with Gasteiger partial charge in [0.1, 0.15) is 10.7 Å². The van der Waals surface area contributed by atoms with Crippen molar-refractivity contribution in [3.63, 3.8) is 0 Å². The van der Waals surface area contributed by atoms with Crippen LogP contribution in [0.1, 0.15) is 6.92 Å². The number of nitrogen functional groups attached to an aromatic ring is 1. The zero-order chi connectivity index (χ0) is 13.1. The Balaban J connectivity index is 3.01. The maximum Gasteiger partial charge on any atom is 0.328 e. The van der Waals surface area contributed by atoms with Crippen molar-refractivity contribution in [1.29, 1.82) is 0 Å². The zero-order valence-corrected chi connectivity index (χ0v) is 9.84. The predicted octanol–water partition coefficient (Wildman–Crippen LogP) is 0.416. The van der Waals surface area contributed by atoms with Crippen LogP contribution in [0.5, 0.6) is 0 Å². The van der Waals surface area contributed by atoms with E-state index >= 15 is 0 Å². The van der Waals surface area contributed by atoms with Gasteiger partial charge in [-0.25, -0.2) is 22.3 Å². The Morgan fingerprint density at radius 3 is 2.65 bits per heavy atom. The third-order valence-corrected chi connectivity index (χ3v) is 3.17. The fraction of sp³-hybridized carbons (Fsp3) is 0.222. The van der Waals surface area contributed by atoms with E-state index in [4.69, 9.17) is 5.73 Å². The third-order valence-electron chi connectivity index (χ3n) is 1.81. The quantitative estimate of drug-likeness (QED) is 0.686. The lowest BCUT2D eigenvalue weighted by Gasteiger charge is -2.08. The van der Waals surface area contributed by atoms with E-state index in [1.165, 1.54) is 6.07 Å². The van der Waals surface area contributed by atoms with Crippen LogP contribution >= 0.6 is 0 Å². The van der Waals surface area contributed by atoms with Gasteiger partial charge in [-0.1, -0.05) is 0 Å². The average molecular weight is 261 g/mol. The second-order valence-corrected chi connectivity index (χ2v) is 4.81. The molecule has 0 aliphatic heterocycles. The molecule has 0 radical (unpaired) electrons. The molecule has 0 atom stereocenters. The van der Waals surface area contributed by atoms with Gasteiger partial charge in [0.05, 0.1) is 0 Å². The second kappa shape index (κ2) is 5.00. The van der Waals surface area contributed by atoms with Crippen LogP contribution in [0.25, 0.3) is 0 Å². The van der Waals surface area contributed by atoms with Crippen LogP contribution in [0, 0.1) is 5.82 Å². The monoisotopic (exact) mass is 261 g/mol. The molecule has 1 rings (SSSR count). The molecule has 0 aliphatic rings. The van der Waals surface area contributed by atoms with Crippen molar-refractivity contribution in [2.24, 2.45) is 0 Å². The lowest BCUT2D eigenvalue weighted by atomic mass is 10.3. The van der Waals surface area contributed by atoms with Crippen molar-refractivity contribution in [1.82, 2.24) is 10.0 Å². The molecule has 0 bridgehead atoms. The molecule has 0 spiro atoms. The van der Waals surface area contributed by atoms with Crippen LogP contribution < -0.4 is 15.8 Å². The smallest absolute Gasteiger partial charge is 0.328 e. The van der Waals surface area contributed by atoms with Gasteiger partial charge < -0.3 is 11.1 Å². The summed E-state index contributed by atoms with van der Waals surface area (Å²) in [5.41, 5.74) is 5.38. The average Bonchev–Trinajstić information content (AvgIpc) is 2.15. The number of halogens is 1. The standard InChI is InChI=1S/C9H12FN3O3S/c1-2-12-9(14)13-17(15,16)8-4-3-6(11)5-7(8)10/h3-5H,2,11H2,1H3,(H2,12,13,14). The van der Waals surface area contributed by atoms with E-state index in [9.17, 15) is 17.6 Å². The fourth-order valence-corrected chi connectivity index (χ4v) is 2.10. The van der Waals surface area contributed by atoms with Crippen LogP contribution in [0.2, 0.25) is 0 Å². The summed E-state index contributed by atoms with van der Waals surface area (Å²) in [4.78, 5) is 10.4. The molecule has 0 saturated heterocycles. The number of carbonyl (C=O) groups is 1. The molecule has 1 aromatic carbocycles. The predicted molar refractivity (Wildman–Crippen MR) is 60.2 cm³/mol. The van der Waals surface area contributed by atoms with Crippen molar-refractivity contribution in [2.45, 2.75) is 11.8 Å². The summed E-state index contributed by atoms with van der Waals surface area (Å²) in [6, 6.07) is 2.18. The number of amides is 2. The Morgan fingerprint density at radius 1 is 1.47 bits per heavy atom. The number of anilines is 1. The minimum absolute atomic E-state index is 0.0967. The van der Waals surface area contributed by atoms with E-state index in [2.05, 4.69) is 5.32 Å². The van der Waals surface area contributed by atoms with E-state index in [-0.39, 0.29) is 12.2 Å². The van der Waals surface area contributed by atoms with Crippen molar-refractivity contribution in [3.8, 4) is 0 Å². The number of urea groups is 1. The zero-order valence-electron chi connectivity index (χ0n) is 9.03. The molecule has 94 valence electrons. The number of hydrogen-bond donors (Lipinski definition) is 3. The molecule has 0 saturated carbocycles. The number of rotatable bonds is 3. The Hall–Kier alpha value is -1.83. The first kappa shape index (κ1) is 13.2. The van der Waals surface area contributed by atoms with Gasteiger partial charge in [-0.3, -0.25) is 0 Å². The van der Waals surface area contributed by atoms with Gasteiger partial charge in [-0.2, -0.15) is 0 Å². The van der Waals surface area contributed by atoms with E-state index in [1.54, 1.807) is 11.6 Å². The highest BCUT2D eigenvalue weighted by molar-refractivity contribution is 7.90. The molecule has 0 aliphatic carbocycles. The summed E-state index contributed by atoms with van der Waals surface area (Å²) < 4.78 is 38.2. The van der Waals surface area contributed by atoms with Crippen molar-refractivity contribution < 1.29 is 17.6 Å². The molecule has 0 fully saturated rings. The molecule has 0 aromatic heterocycles. The number of benzene rings is 1. The van der Waals surface area contributed by atoms with Crippen LogP contribution in [0.15, 0.2) is 23.1 Å². The molecule has 6 nitrogen and oxygen atoms in total. The van der Waals surface area contributed by atoms with Crippen LogP contribution in [0.4, 0.5) is 14.9 Å². The lowest BCUT2D eigenvalue weighted by molar-refractivity contribution is 0.246. The number of carbonyl (C=O) groups excluding carboxylic acids is 1. The maximum absolute atomic E-state index is 13.4. The van der Waals surface area contributed by atoms with E-state index in [0.717, 1.165) is 12.1 Å². The van der Waals surface area contributed by atoms with Gasteiger partial charge in [-0.05, 0) is 25.1 Å². The number of nitrogens with two attached hydrogens (primary N) is 1. The first-order valence-electron chi connectivity index (χ1n) is 4.72. The second-order valence-electron chi connectivity index (χ2n) is 3.15. The number of hydrogen-bond acceptors (Lipinski definition) is 4. The minimum Gasteiger partial charge on any atom is -0.399 e. The Kier molecular flexibility index (Phi) is 3.89. The molecular weight excluding hydrogens is 249 g/mol. The van der Waals surface area contributed by atoms with Crippen molar-refractivity contribution in [3.05, 3.63) is 24.0 Å². The number of sulfonamides is 1. The number of nitrogens with one attached hydrogen (secondary N) is 2. The van der Waals surface area contributed by atoms with Crippen LogP contribution in [-0.4, -0.2) is 21.0 Å². The SMILES string of the molecule is CCNC(=O)NS(=O)(=O)c1ccc(N)cc1F. The highest BCUT2D eigenvalue weighted by Crippen LogP contribution is 2.16.